The van der Waals surface area contributed by atoms with Gasteiger partial charge in [-0.3, -0.25) is 4.57 Å². The molecule has 0 amide bonds. The molecule has 1 unspecified atom stereocenters. The number of aliphatic hydroxyl groups is 1. The molecule has 0 bridgehead atoms. The molecule has 0 saturated heterocycles. The third-order valence-electron chi connectivity index (χ3n) is 2.72. The molecule has 1 aliphatic heterocycles. The summed E-state index contributed by atoms with van der Waals surface area (Å²) in [6.07, 6.45) is 2.18. The van der Waals surface area contributed by atoms with Crippen LogP contribution in [0.1, 0.15) is 24.9 Å². The van der Waals surface area contributed by atoms with Gasteiger partial charge in [-0.25, -0.2) is 0 Å². The van der Waals surface area contributed by atoms with Gasteiger partial charge in [0.15, 0.2) is 5.82 Å². The van der Waals surface area contributed by atoms with Crippen molar-refractivity contribution in [2.75, 3.05) is 0 Å². The average molecular weight is 300 g/mol. The van der Waals surface area contributed by atoms with Gasteiger partial charge in [0.2, 0.25) is 0 Å². The fraction of sp³-hybridized carbons (Fsp3) is 0.400. The molecule has 0 fully saturated rings. The van der Waals surface area contributed by atoms with Crippen molar-refractivity contribution < 1.29 is 5.11 Å². The van der Waals surface area contributed by atoms with Crippen molar-refractivity contribution in [3.05, 3.63) is 21.7 Å². The number of hydrogen-bond donors (Lipinski definition) is 1. The van der Waals surface area contributed by atoms with Crippen molar-refractivity contribution in [3.63, 3.8) is 0 Å². The van der Waals surface area contributed by atoms with E-state index in [1.807, 2.05) is 16.7 Å². The van der Waals surface area contributed by atoms with Crippen LogP contribution in [0.25, 0.3) is 10.7 Å². The van der Waals surface area contributed by atoms with E-state index in [-0.39, 0.29) is 0 Å². The number of aliphatic hydroxyl groups excluding tert-OH is 1. The second-order valence-electron chi connectivity index (χ2n) is 3.79. The van der Waals surface area contributed by atoms with Gasteiger partial charge in [0.1, 0.15) is 12.1 Å². The highest BCUT2D eigenvalue weighted by Gasteiger charge is 2.24. The standard InChI is InChI=1S/C10H10BrN3OS/c11-7-5-4-6(16-7)10-13-12-8-2-1-3-9(15)14(8)10/h4-5,9,15H,1-3H2. The summed E-state index contributed by atoms with van der Waals surface area (Å²) in [7, 11) is 0. The SMILES string of the molecule is OC1CCCc2nnc(-c3ccc(Br)s3)n21. The third kappa shape index (κ3) is 1.61. The Morgan fingerprint density at radius 2 is 2.31 bits per heavy atom. The Bertz CT molecular complexity index is 522. The summed E-state index contributed by atoms with van der Waals surface area (Å²) in [6.45, 7) is 0. The first-order valence-electron chi connectivity index (χ1n) is 5.13. The van der Waals surface area contributed by atoms with Crippen LogP contribution in [0.15, 0.2) is 15.9 Å². The van der Waals surface area contributed by atoms with E-state index >= 15 is 0 Å². The molecule has 2 aromatic heterocycles. The highest BCUT2D eigenvalue weighted by Crippen LogP contribution is 2.34. The zero-order chi connectivity index (χ0) is 11.1. The Morgan fingerprint density at radius 3 is 3.06 bits per heavy atom. The Kier molecular flexibility index (Phi) is 2.57. The second-order valence-corrected chi connectivity index (χ2v) is 6.25. The van der Waals surface area contributed by atoms with Gasteiger partial charge in [0, 0.05) is 6.42 Å². The molecule has 1 N–H and O–H groups in total. The molecule has 4 nitrogen and oxygen atoms in total. The number of hydrogen-bond acceptors (Lipinski definition) is 4. The predicted molar refractivity (Wildman–Crippen MR) is 65.2 cm³/mol. The average Bonchev–Trinajstić information content (AvgIpc) is 2.84. The summed E-state index contributed by atoms with van der Waals surface area (Å²) in [4.78, 5) is 1.03. The van der Waals surface area contributed by atoms with Crippen molar-refractivity contribution in [2.24, 2.45) is 0 Å². The summed E-state index contributed by atoms with van der Waals surface area (Å²) in [5.74, 6) is 1.66. The van der Waals surface area contributed by atoms with Gasteiger partial charge in [0.25, 0.3) is 0 Å². The van der Waals surface area contributed by atoms with Crippen molar-refractivity contribution in [1.29, 1.82) is 0 Å². The lowest BCUT2D eigenvalue weighted by atomic mass is 10.1. The number of rotatable bonds is 1. The van der Waals surface area contributed by atoms with Crippen LogP contribution < -0.4 is 0 Å². The maximum absolute atomic E-state index is 9.98. The predicted octanol–water partition coefficient (Wildman–Crippen LogP) is 2.60. The van der Waals surface area contributed by atoms with E-state index in [0.717, 1.165) is 39.6 Å². The molecular formula is C10H10BrN3OS. The molecule has 0 radical (unpaired) electrons. The van der Waals surface area contributed by atoms with Crippen LogP contribution in [-0.4, -0.2) is 19.9 Å². The molecule has 1 atom stereocenters. The largest absolute Gasteiger partial charge is 0.373 e. The van der Waals surface area contributed by atoms with Gasteiger partial charge < -0.3 is 5.11 Å². The minimum atomic E-state index is -0.477. The molecule has 6 heteroatoms. The number of halogens is 1. The maximum atomic E-state index is 9.98. The highest BCUT2D eigenvalue weighted by atomic mass is 79.9. The van der Waals surface area contributed by atoms with E-state index in [1.54, 1.807) is 11.3 Å². The smallest absolute Gasteiger partial charge is 0.176 e. The molecule has 16 heavy (non-hydrogen) atoms. The van der Waals surface area contributed by atoms with Crippen molar-refractivity contribution >= 4 is 27.3 Å². The summed E-state index contributed by atoms with van der Waals surface area (Å²) < 4.78 is 2.91. The molecule has 1 aliphatic rings. The number of fused-ring (bicyclic) bond motifs is 1. The normalized spacial score (nSPS) is 19.8. The lowest BCUT2D eigenvalue weighted by Crippen LogP contribution is -2.18. The van der Waals surface area contributed by atoms with Crippen LogP contribution in [0.2, 0.25) is 0 Å². The van der Waals surface area contributed by atoms with Gasteiger partial charge in [-0.1, -0.05) is 0 Å². The first-order valence-corrected chi connectivity index (χ1v) is 6.74. The first kappa shape index (κ1) is 10.4. The zero-order valence-corrected chi connectivity index (χ0v) is 10.8. The van der Waals surface area contributed by atoms with Gasteiger partial charge in [-0.05, 0) is 40.9 Å². The van der Waals surface area contributed by atoms with E-state index < -0.39 is 6.23 Å². The molecule has 0 aliphatic carbocycles. The Hall–Kier alpha value is -0.720. The second kappa shape index (κ2) is 3.94. The molecular weight excluding hydrogens is 290 g/mol. The number of aromatic nitrogens is 3. The molecule has 2 aromatic rings. The molecule has 0 spiro atoms. The van der Waals surface area contributed by atoms with Crippen LogP contribution in [0.5, 0.6) is 0 Å². The summed E-state index contributed by atoms with van der Waals surface area (Å²) >= 11 is 5.03. The lowest BCUT2D eigenvalue weighted by Gasteiger charge is -2.20. The van der Waals surface area contributed by atoms with Gasteiger partial charge >= 0.3 is 0 Å². The van der Waals surface area contributed by atoms with E-state index in [9.17, 15) is 5.11 Å². The monoisotopic (exact) mass is 299 g/mol. The Balaban J connectivity index is 2.12. The zero-order valence-electron chi connectivity index (χ0n) is 8.43. The lowest BCUT2D eigenvalue weighted by molar-refractivity contribution is 0.0796. The minimum Gasteiger partial charge on any atom is -0.373 e. The molecule has 84 valence electrons. The Morgan fingerprint density at radius 1 is 1.44 bits per heavy atom. The van der Waals surface area contributed by atoms with Crippen LogP contribution in [-0.2, 0) is 6.42 Å². The maximum Gasteiger partial charge on any atom is 0.176 e. The quantitative estimate of drug-likeness (QED) is 0.880. The van der Waals surface area contributed by atoms with Gasteiger partial charge in [-0.2, -0.15) is 0 Å². The van der Waals surface area contributed by atoms with Crippen LogP contribution in [0.4, 0.5) is 0 Å². The number of aryl methyl sites for hydroxylation is 1. The topological polar surface area (TPSA) is 50.9 Å². The molecule has 3 rings (SSSR count). The van der Waals surface area contributed by atoms with E-state index in [4.69, 9.17) is 0 Å². The first-order chi connectivity index (χ1) is 7.75. The summed E-state index contributed by atoms with van der Waals surface area (Å²) in [5.41, 5.74) is 0. The molecule has 3 heterocycles. The Labute approximate surface area is 105 Å². The van der Waals surface area contributed by atoms with E-state index in [1.165, 1.54) is 0 Å². The van der Waals surface area contributed by atoms with Crippen LogP contribution in [0, 0.1) is 0 Å². The van der Waals surface area contributed by atoms with Crippen molar-refractivity contribution in [2.45, 2.75) is 25.5 Å². The van der Waals surface area contributed by atoms with Crippen molar-refractivity contribution in [3.8, 4) is 10.7 Å². The number of nitrogens with zero attached hydrogens (tertiary/aromatic N) is 3. The fourth-order valence-electron chi connectivity index (χ4n) is 1.98. The summed E-state index contributed by atoms with van der Waals surface area (Å²) in [5, 5.41) is 18.3. The van der Waals surface area contributed by atoms with Crippen LogP contribution in [0.3, 0.4) is 0 Å². The molecule has 0 saturated carbocycles. The van der Waals surface area contributed by atoms with E-state index in [2.05, 4.69) is 26.1 Å². The van der Waals surface area contributed by atoms with E-state index in [0.29, 0.717) is 0 Å². The van der Waals surface area contributed by atoms with Crippen LogP contribution >= 0.6 is 27.3 Å². The number of thiophene rings is 1. The highest BCUT2D eigenvalue weighted by molar-refractivity contribution is 9.11. The molecule has 0 aromatic carbocycles. The minimum absolute atomic E-state index is 0.477. The summed E-state index contributed by atoms with van der Waals surface area (Å²) in [6, 6.07) is 3.98. The van der Waals surface area contributed by atoms with Crippen molar-refractivity contribution in [1.82, 2.24) is 14.8 Å². The third-order valence-corrected chi connectivity index (χ3v) is 4.34. The van der Waals surface area contributed by atoms with Gasteiger partial charge in [-0.15, -0.1) is 21.5 Å². The van der Waals surface area contributed by atoms with Gasteiger partial charge in [0.05, 0.1) is 8.66 Å². The fourth-order valence-corrected chi connectivity index (χ4v) is 3.35.